The summed E-state index contributed by atoms with van der Waals surface area (Å²) < 4.78 is 0. The molecule has 0 heterocycles. The van der Waals surface area contributed by atoms with Crippen molar-refractivity contribution in [3.63, 3.8) is 0 Å². The van der Waals surface area contributed by atoms with Crippen molar-refractivity contribution in [2.75, 3.05) is 6.61 Å². The van der Waals surface area contributed by atoms with E-state index in [1.807, 2.05) is 0 Å². The van der Waals surface area contributed by atoms with Gasteiger partial charge in [0.1, 0.15) is 0 Å². The molecule has 0 aromatic rings. The molecule has 172 valence electrons. The maximum absolute atomic E-state index is 12.6. The molecule has 0 saturated heterocycles. The first-order chi connectivity index (χ1) is 14.0. The van der Waals surface area contributed by atoms with Gasteiger partial charge in [0.2, 0.25) is 11.8 Å². The van der Waals surface area contributed by atoms with Crippen molar-refractivity contribution in [2.24, 2.45) is 0 Å². The number of rotatable bonds is 19. The summed E-state index contributed by atoms with van der Waals surface area (Å²) in [5.74, 6) is -2.30. The standard InChI is InChI=1S/C23H43NO5.Na.H/c1-3-5-7-9-11-13-15-17-21(26)24(20(19-25)23(28)29)22(27)18-16-14-12-10-8-6-4-2;;/h20,25H,3-19H2,1-2H3,(H,28,29);;/t20-;;/m0../s1. The van der Waals surface area contributed by atoms with Crippen molar-refractivity contribution in [3.05, 3.63) is 0 Å². The van der Waals surface area contributed by atoms with Crippen LogP contribution in [0.3, 0.4) is 0 Å². The Labute approximate surface area is 205 Å². The van der Waals surface area contributed by atoms with Gasteiger partial charge in [-0.1, -0.05) is 90.9 Å². The Morgan fingerprint density at radius 2 is 1.00 bits per heavy atom. The Hall–Kier alpha value is -0.430. The Bertz CT molecular complexity index is 429. The predicted octanol–water partition coefficient (Wildman–Crippen LogP) is 4.42. The number of aliphatic hydroxyl groups is 1. The van der Waals surface area contributed by atoms with Crippen LogP contribution in [0.4, 0.5) is 0 Å². The number of aliphatic carboxylic acids is 1. The van der Waals surface area contributed by atoms with Crippen molar-refractivity contribution < 1.29 is 24.6 Å². The van der Waals surface area contributed by atoms with E-state index in [0.29, 0.717) is 12.8 Å². The molecule has 6 nitrogen and oxygen atoms in total. The summed E-state index contributed by atoms with van der Waals surface area (Å²) in [5.41, 5.74) is 0. The van der Waals surface area contributed by atoms with Gasteiger partial charge in [-0.25, -0.2) is 4.79 Å². The van der Waals surface area contributed by atoms with Crippen LogP contribution in [0.2, 0.25) is 0 Å². The van der Waals surface area contributed by atoms with E-state index >= 15 is 0 Å². The molecule has 0 spiro atoms. The predicted molar refractivity (Wildman–Crippen MR) is 123 cm³/mol. The van der Waals surface area contributed by atoms with Gasteiger partial charge in [0, 0.05) is 12.8 Å². The van der Waals surface area contributed by atoms with Crippen LogP contribution in [0.15, 0.2) is 0 Å². The van der Waals surface area contributed by atoms with Crippen LogP contribution < -0.4 is 0 Å². The maximum atomic E-state index is 12.6. The number of imide groups is 1. The molecule has 0 aliphatic heterocycles. The van der Waals surface area contributed by atoms with Gasteiger partial charge >= 0.3 is 35.5 Å². The topological polar surface area (TPSA) is 94.9 Å². The van der Waals surface area contributed by atoms with Crippen LogP contribution in [0, 0.1) is 0 Å². The second-order valence-electron chi connectivity index (χ2n) is 7.94. The molecule has 2 amide bonds. The molecule has 1 atom stereocenters. The van der Waals surface area contributed by atoms with E-state index in [4.69, 9.17) is 0 Å². The molecule has 0 aliphatic rings. The second-order valence-corrected chi connectivity index (χ2v) is 7.94. The van der Waals surface area contributed by atoms with Gasteiger partial charge in [-0.2, -0.15) is 0 Å². The van der Waals surface area contributed by atoms with Gasteiger partial charge in [0.25, 0.3) is 0 Å². The number of hydrogen-bond acceptors (Lipinski definition) is 4. The van der Waals surface area contributed by atoms with Crippen molar-refractivity contribution in [1.29, 1.82) is 0 Å². The summed E-state index contributed by atoms with van der Waals surface area (Å²) in [6, 6.07) is -1.48. The Morgan fingerprint density at radius 1 is 0.667 bits per heavy atom. The fraction of sp³-hybridized carbons (Fsp3) is 0.870. The SMILES string of the molecule is CCCCCCCCCC(=O)N(C(=O)CCCCCCCCC)[C@@H](CO)C(=O)O.[NaH]. The molecule has 0 aromatic heterocycles. The van der Waals surface area contributed by atoms with Crippen molar-refractivity contribution in [3.8, 4) is 0 Å². The zero-order valence-electron chi connectivity index (χ0n) is 18.7. The van der Waals surface area contributed by atoms with Crippen LogP contribution in [0.25, 0.3) is 0 Å². The van der Waals surface area contributed by atoms with E-state index in [1.165, 1.54) is 38.5 Å². The summed E-state index contributed by atoms with van der Waals surface area (Å²) in [7, 11) is 0. The second kappa shape index (κ2) is 21.8. The number of carbonyl (C=O) groups excluding carboxylic acids is 2. The van der Waals surface area contributed by atoms with Gasteiger partial charge in [-0.05, 0) is 12.8 Å². The van der Waals surface area contributed by atoms with E-state index in [0.717, 1.165) is 43.4 Å². The Kier molecular flexibility index (Phi) is 23.1. The number of carbonyl (C=O) groups is 3. The van der Waals surface area contributed by atoms with Gasteiger partial charge in [0.05, 0.1) is 6.61 Å². The summed E-state index contributed by atoms with van der Waals surface area (Å²) in [6.45, 7) is 3.58. The first kappa shape index (κ1) is 31.8. The summed E-state index contributed by atoms with van der Waals surface area (Å²) >= 11 is 0. The van der Waals surface area contributed by atoms with Crippen LogP contribution in [0.5, 0.6) is 0 Å². The fourth-order valence-corrected chi connectivity index (χ4v) is 3.46. The normalized spacial score (nSPS) is 11.6. The zero-order chi connectivity index (χ0) is 21.9. The first-order valence-electron chi connectivity index (χ1n) is 11.7. The van der Waals surface area contributed by atoms with E-state index in [-0.39, 0.29) is 42.4 Å². The first-order valence-corrected chi connectivity index (χ1v) is 11.7. The molecular weight excluding hydrogens is 393 g/mol. The molecule has 0 saturated carbocycles. The molecule has 0 aliphatic carbocycles. The van der Waals surface area contributed by atoms with Gasteiger partial charge in [0.15, 0.2) is 6.04 Å². The Morgan fingerprint density at radius 3 is 1.30 bits per heavy atom. The van der Waals surface area contributed by atoms with Gasteiger partial charge in [-0.3, -0.25) is 14.5 Å². The third kappa shape index (κ3) is 15.4. The summed E-state index contributed by atoms with van der Waals surface area (Å²) in [6.07, 6.45) is 14.9. The van der Waals surface area contributed by atoms with Gasteiger partial charge in [-0.15, -0.1) is 0 Å². The monoisotopic (exact) mass is 437 g/mol. The van der Waals surface area contributed by atoms with Crippen molar-refractivity contribution in [2.45, 2.75) is 123 Å². The van der Waals surface area contributed by atoms with E-state index < -0.39 is 30.4 Å². The van der Waals surface area contributed by atoms with E-state index in [2.05, 4.69) is 13.8 Å². The fourth-order valence-electron chi connectivity index (χ4n) is 3.46. The quantitative estimate of drug-likeness (QED) is 0.230. The van der Waals surface area contributed by atoms with Gasteiger partial charge < -0.3 is 10.2 Å². The number of amides is 2. The molecule has 0 radical (unpaired) electrons. The molecule has 0 aromatic carbocycles. The minimum absolute atomic E-state index is 0. The number of carboxylic acids is 1. The summed E-state index contributed by atoms with van der Waals surface area (Å²) in [5, 5.41) is 18.7. The third-order valence-electron chi connectivity index (χ3n) is 5.30. The molecule has 0 rings (SSSR count). The van der Waals surface area contributed by atoms with Crippen LogP contribution >= 0.6 is 0 Å². The number of carboxylic acid groups (broad SMARTS) is 1. The molecule has 0 unspecified atom stereocenters. The average molecular weight is 438 g/mol. The molecular formula is C23H44NNaO5. The number of aliphatic hydroxyl groups excluding tert-OH is 1. The van der Waals surface area contributed by atoms with E-state index in [9.17, 15) is 24.6 Å². The molecule has 2 N–H and O–H groups in total. The zero-order valence-corrected chi connectivity index (χ0v) is 18.7. The van der Waals surface area contributed by atoms with Crippen molar-refractivity contribution >= 4 is 47.3 Å². The average Bonchev–Trinajstić information content (AvgIpc) is 2.69. The van der Waals surface area contributed by atoms with Crippen LogP contribution in [-0.4, -0.2) is 75.1 Å². The van der Waals surface area contributed by atoms with Crippen LogP contribution in [0.1, 0.15) is 117 Å². The number of unbranched alkanes of at least 4 members (excludes halogenated alkanes) is 12. The number of hydrogen-bond donors (Lipinski definition) is 2. The number of nitrogens with zero attached hydrogens (tertiary/aromatic N) is 1. The molecule has 7 heteroatoms. The Balaban J connectivity index is 0. The summed E-state index contributed by atoms with van der Waals surface area (Å²) in [4.78, 5) is 37.4. The van der Waals surface area contributed by atoms with Crippen molar-refractivity contribution in [1.82, 2.24) is 4.90 Å². The van der Waals surface area contributed by atoms with Crippen LogP contribution in [-0.2, 0) is 14.4 Å². The van der Waals surface area contributed by atoms with E-state index in [1.54, 1.807) is 0 Å². The molecule has 0 bridgehead atoms. The molecule has 0 fully saturated rings. The third-order valence-corrected chi connectivity index (χ3v) is 5.30. The minimum atomic E-state index is -1.48. The molecule has 30 heavy (non-hydrogen) atoms.